The highest BCUT2D eigenvalue weighted by atomic mass is 127. The first-order chi connectivity index (χ1) is 10.5. The topological polar surface area (TPSA) is 101 Å². The Morgan fingerprint density at radius 1 is 1.08 bits per heavy atom. The van der Waals surface area contributed by atoms with E-state index < -0.39 is 17.2 Å². The first-order valence-electron chi connectivity index (χ1n) is 7.51. The van der Waals surface area contributed by atoms with Crippen LogP contribution in [0.15, 0.2) is 4.99 Å². The summed E-state index contributed by atoms with van der Waals surface area (Å²) in [6.45, 7) is 10.0. The zero-order valence-corrected chi connectivity index (χ0v) is 17.9. The molecule has 1 amide bonds. The van der Waals surface area contributed by atoms with E-state index in [1.165, 1.54) is 7.11 Å². The molecule has 0 saturated carbocycles. The summed E-state index contributed by atoms with van der Waals surface area (Å²) in [6.07, 6.45) is -0.227. The van der Waals surface area contributed by atoms with Crippen LogP contribution in [0.4, 0.5) is 4.79 Å². The average Bonchev–Trinajstić information content (AvgIpc) is 2.39. The van der Waals surface area contributed by atoms with Crippen LogP contribution < -0.4 is 16.0 Å². The first kappa shape index (κ1) is 25.0. The Labute approximate surface area is 161 Å². The van der Waals surface area contributed by atoms with Crippen molar-refractivity contribution >= 4 is 42.0 Å². The minimum Gasteiger partial charge on any atom is -0.469 e. The summed E-state index contributed by atoms with van der Waals surface area (Å²) in [5, 5.41) is 8.87. The van der Waals surface area contributed by atoms with Crippen LogP contribution in [0.1, 0.15) is 41.0 Å². The summed E-state index contributed by atoms with van der Waals surface area (Å²) in [5.74, 6) is 0.243. The number of nitrogens with zero attached hydrogens (tertiary/aromatic N) is 1. The summed E-state index contributed by atoms with van der Waals surface area (Å²) < 4.78 is 9.80. The van der Waals surface area contributed by atoms with Crippen LogP contribution in [0.2, 0.25) is 0 Å². The highest BCUT2D eigenvalue weighted by Crippen LogP contribution is 2.09. The fraction of sp³-hybridized carbons (Fsp3) is 0.800. The van der Waals surface area contributed by atoms with Gasteiger partial charge in [-0.15, -0.1) is 24.0 Å². The maximum atomic E-state index is 11.8. The zero-order valence-electron chi connectivity index (χ0n) is 15.6. The molecule has 0 heterocycles. The molecule has 3 N–H and O–H groups in total. The average molecular weight is 458 g/mol. The number of alkyl carbamates (subject to hydrolysis) is 1. The Hall–Kier alpha value is -1.26. The Kier molecular flexibility index (Phi) is 11.8. The van der Waals surface area contributed by atoms with Crippen molar-refractivity contribution in [1.82, 2.24) is 16.0 Å². The summed E-state index contributed by atoms with van der Waals surface area (Å²) >= 11 is 0. The van der Waals surface area contributed by atoms with E-state index in [0.717, 1.165) is 0 Å². The number of halogens is 1. The first-order valence-corrected chi connectivity index (χ1v) is 7.51. The van der Waals surface area contributed by atoms with Gasteiger partial charge in [0.15, 0.2) is 5.96 Å². The van der Waals surface area contributed by atoms with Crippen molar-refractivity contribution in [2.24, 2.45) is 4.99 Å². The van der Waals surface area contributed by atoms with Crippen molar-refractivity contribution in [3.8, 4) is 0 Å². The molecule has 24 heavy (non-hydrogen) atoms. The number of nitrogens with one attached hydrogen (secondary N) is 3. The third-order valence-electron chi connectivity index (χ3n) is 2.61. The zero-order chi connectivity index (χ0) is 18.1. The van der Waals surface area contributed by atoms with E-state index >= 15 is 0 Å². The van der Waals surface area contributed by atoms with Crippen LogP contribution in [0, 0.1) is 0 Å². The highest BCUT2D eigenvalue weighted by Gasteiger charge is 2.24. The fourth-order valence-electron chi connectivity index (χ4n) is 1.53. The molecule has 0 aliphatic rings. The maximum Gasteiger partial charge on any atom is 0.408 e. The summed E-state index contributed by atoms with van der Waals surface area (Å²) in [6, 6.07) is 0. The van der Waals surface area contributed by atoms with Gasteiger partial charge in [0.1, 0.15) is 5.60 Å². The van der Waals surface area contributed by atoms with Gasteiger partial charge in [0.25, 0.3) is 0 Å². The molecule has 9 heteroatoms. The number of ether oxygens (including phenoxy) is 2. The van der Waals surface area contributed by atoms with E-state index in [0.29, 0.717) is 19.0 Å². The van der Waals surface area contributed by atoms with Crippen LogP contribution in [0.5, 0.6) is 0 Å². The number of guanidine groups is 1. The molecule has 0 spiro atoms. The molecule has 0 radical (unpaired) electrons. The lowest BCUT2D eigenvalue weighted by Gasteiger charge is -2.29. The fourth-order valence-corrected chi connectivity index (χ4v) is 1.53. The van der Waals surface area contributed by atoms with Crippen molar-refractivity contribution in [2.75, 3.05) is 27.2 Å². The van der Waals surface area contributed by atoms with Gasteiger partial charge in [-0.25, -0.2) is 4.79 Å². The Morgan fingerprint density at radius 3 is 2.12 bits per heavy atom. The number of hydrogen-bond acceptors (Lipinski definition) is 5. The quantitative estimate of drug-likeness (QED) is 0.242. The second-order valence-corrected chi connectivity index (χ2v) is 6.69. The molecule has 0 bridgehead atoms. The van der Waals surface area contributed by atoms with Gasteiger partial charge in [0, 0.05) is 20.1 Å². The number of amides is 1. The largest absolute Gasteiger partial charge is 0.469 e. The second kappa shape index (κ2) is 11.3. The van der Waals surface area contributed by atoms with E-state index in [1.54, 1.807) is 7.05 Å². The highest BCUT2D eigenvalue weighted by molar-refractivity contribution is 14.0. The SMILES string of the molecule is CN=C(NCCC(=O)OC)NCC(C)(C)NC(=O)OC(C)(C)C.I. The van der Waals surface area contributed by atoms with Gasteiger partial charge < -0.3 is 25.4 Å². The normalized spacial score (nSPS) is 11.9. The molecule has 0 aliphatic heterocycles. The Morgan fingerprint density at radius 2 is 1.67 bits per heavy atom. The number of methoxy groups -OCH3 is 1. The minimum absolute atomic E-state index is 0. The van der Waals surface area contributed by atoms with Gasteiger partial charge in [0.05, 0.1) is 19.1 Å². The molecule has 0 fully saturated rings. The number of hydrogen-bond donors (Lipinski definition) is 3. The van der Waals surface area contributed by atoms with Crippen LogP contribution in [0.25, 0.3) is 0 Å². The van der Waals surface area contributed by atoms with Crippen molar-refractivity contribution in [3.05, 3.63) is 0 Å². The minimum atomic E-state index is -0.543. The molecule has 0 aliphatic carbocycles. The molecule has 0 aromatic rings. The number of aliphatic imine (C=N–C) groups is 1. The number of carbonyl (C=O) groups excluding carboxylic acids is 2. The predicted molar refractivity (Wildman–Crippen MR) is 105 cm³/mol. The molecular weight excluding hydrogens is 427 g/mol. The Balaban J connectivity index is 0. The van der Waals surface area contributed by atoms with Gasteiger partial charge in [-0.3, -0.25) is 9.79 Å². The van der Waals surface area contributed by atoms with Crippen LogP contribution in [0.3, 0.4) is 0 Å². The summed E-state index contributed by atoms with van der Waals surface area (Å²) in [7, 11) is 2.97. The molecule has 0 aromatic carbocycles. The van der Waals surface area contributed by atoms with Crippen molar-refractivity contribution < 1.29 is 19.1 Å². The molecule has 0 saturated heterocycles. The van der Waals surface area contributed by atoms with Crippen molar-refractivity contribution in [2.45, 2.75) is 52.2 Å². The van der Waals surface area contributed by atoms with E-state index in [-0.39, 0.29) is 36.4 Å². The molecule has 0 aromatic heterocycles. The van der Waals surface area contributed by atoms with E-state index in [2.05, 4.69) is 25.7 Å². The molecule has 0 atom stereocenters. The van der Waals surface area contributed by atoms with Gasteiger partial charge >= 0.3 is 12.1 Å². The Bertz CT molecular complexity index is 434. The standard InChI is InChI=1S/C15H30N4O4.HI/c1-14(2,3)23-13(21)19-15(4,5)10-18-12(16-6)17-9-8-11(20)22-7;/h8-10H2,1-7H3,(H,19,21)(H2,16,17,18);1H. The third-order valence-corrected chi connectivity index (χ3v) is 2.61. The molecule has 0 rings (SSSR count). The molecule has 8 nitrogen and oxygen atoms in total. The third kappa shape index (κ3) is 13.2. The van der Waals surface area contributed by atoms with Gasteiger partial charge in [-0.2, -0.15) is 0 Å². The monoisotopic (exact) mass is 458 g/mol. The molecular formula is C15H31IN4O4. The van der Waals surface area contributed by atoms with Gasteiger partial charge in [-0.1, -0.05) is 0 Å². The molecule has 0 unspecified atom stereocenters. The smallest absolute Gasteiger partial charge is 0.408 e. The van der Waals surface area contributed by atoms with Crippen LogP contribution in [-0.4, -0.2) is 56.4 Å². The summed E-state index contributed by atoms with van der Waals surface area (Å²) in [5.41, 5.74) is -1.08. The van der Waals surface area contributed by atoms with Crippen molar-refractivity contribution in [1.29, 1.82) is 0 Å². The van der Waals surface area contributed by atoms with E-state index in [4.69, 9.17) is 4.74 Å². The second-order valence-electron chi connectivity index (χ2n) is 6.69. The lowest BCUT2D eigenvalue weighted by molar-refractivity contribution is -0.140. The van der Waals surface area contributed by atoms with Gasteiger partial charge in [0.2, 0.25) is 0 Å². The predicted octanol–water partition coefficient (Wildman–Crippen LogP) is 1.64. The van der Waals surface area contributed by atoms with E-state index in [9.17, 15) is 9.59 Å². The number of esters is 1. The number of rotatable bonds is 6. The van der Waals surface area contributed by atoms with Crippen molar-refractivity contribution in [3.63, 3.8) is 0 Å². The lowest BCUT2D eigenvalue weighted by atomic mass is 10.1. The van der Waals surface area contributed by atoms with E-state index in [1.807, 2.05) is 34.6 Å². The van der Waals surface area contributed by atoms with Crippen LogP contribution in [-0.2, 0) is 14.3 Å². The van der Waals surface area contributed by atoms with Crippen LogP contribution >= 0.6 is 24.0 Å². The summed E-state index contributed by atoms with van der Waals surface area (Å²) in [4.78, 5) is 26.9. The maximum absolute atomic E-state index is 11.8. The lowest BCUT2D eigenvalue weighted by Crippen LogP contribution is -2.54. The number of carbonyl (C=O) groups is 2. The molecule has 142 valence electrons. The van der Waals surface area contributed by atoms with Gasteiger partial charge in [-0.05, 0) is 34.6 Å².